The van der Waals surface area contributed by atoms with Crippen molar-refractivity contribution in [2.75, 3.05) is 0 Å². The van der Waals surface area contributed by atoms with Gasteiger partial charge in [0.15, 0.2) is 0 Å². The predicted molar refractivity (Wildman–Crippen MR) is 55.0 cm³/mol. The number of nitrogens with one attached hydrogen (secondary N) is 1. The normalized spacial score (nSPS) is 11.2. The van der Waals surface area contributed by atoms with Crippen molar-refractivity contribution < 1.29 is 19.1 Å². The van der Waals surface area contributed by atoms with Gasteiger partial charge in [-0.05, 0) is 20.8 Å². The molecule has 0 aromatic carbocycles. The number of hydrogen-bond acceptors (Lipinski definition) is 4. The second-order valence-corrected chi connectivity index (χ2v) is 4.18. The fourth-order valence-corrected chi connectivity index (χ4v) is 1.24. The number of oxazole rings is 1. The molecule has 2 N–H and O–H groups in total. The molecule has 0 aliphatic rings. The van der Waals surface area contributed by atoms with Crippen molar-refractivity contribution in [3.63, 3.8) is 0 Å². The first kappa shape index (κ1) is 12.2. The van der Waals surface area contributed by atoms with Crippen LogP contribution in [0, 0.1) is 6.92 Å². The summed E-state index contributed by atoms with van der Waals surface area (Å²) in [5.74, 6) is -1.02. The minimum absolute atomic E-state index is 0.0593. The minimum atomic E-state index is -0.978. The summed E-state index contributed by atoms with van der Waals surface area (Å²) in [6, 6.07) is 0. The Morgan fingerprint density at radius 1 is 1.56 bits per heavy atom. The van der Waals surface area contributed by atoms with Crippen LogP contribution >= 0.6 is 0 Å². The molecule has 0 saturated heterocycles. The smallest absolute Gasteiger partial charge is 0.307 e. The third-order valence-corrected chi connectivity index (χ3v) is 1.86. The number of aromatic nitrogens is 1. The molecule has 16 heavy (non-hydrogen) atoms. The molecule has 0 radical (unpaired) electrons. The van der Waals surface area contributed by atoms with E-state index in [0.717, 1.165) is 0 Å². The molecule has 0 atom stereocenters. The fraction of sp³-hybridized carbons (Fsp3) is 0.500. The van der Waals surface area contributed by atoms with Gasteiger partial charge in [0.2, 0.25) is 0 Å². The molecule has 0 aliphatic heterocycles. The Morgan fingerprint density at radius 2 is 2.19 bits per heavy atom. The van der Waals surface area contributed by atoms with Crippen LogP contribution in [-0.2, 0) is 4.79 Å². The summed E-state index contributed by atoms with van der Waals surface area (Å²) < 4.78 is 5.03. The number of hydrogen-bond donors (Lipinski definition) is 2. The Bertz CT molecular complexity index is 409. The standard InChI is InChI=1S/C10H14N2O4/c1-6-5-11-9(16-6)8(15)12-10(2,3)4-7(13)14/h5H,4H2,1-3H3,(H,12,15)(H,13,14). The van der Waals surface area contributed by atoms with Crippen LogP contribution in [0.4, 0.5) is 0 Å². The predicted octanol–water partition coefficient (Wildman–Crippen LogP) is 0.966. The maximum atomic E-state index is 11.6. The van der Waals surface area contributed by atoms with Crippen molar-refractivity contribution >= 4 is 11.9 Å². The molecule has 1 aromatic heterocycles. The van der Waals surface area contributed by atoms with Crippen molar-refractivity contribution in [1.82, 2.24) is 10.3 Å². The molecule has 6 nitrogen and oxygen atoms in total. The van der Waals surface area contributed by atoms with E-state index in [9.17, 15) is 9.59 Å². The monoisotopic (exact) mass is 226 g/mol. The Balaban J connectivity index is 2.67. The third-order valence-electron chi connectivity index (χ3n) is 1.86. The summed E-state index contributed by atoms with van der Waals surface area (Å²) in [7, 11) is 0. The van der Waals surface area contributed by atoms with Gasteiger partial charge in [-0.2, -0.15) is 0 Å². The maximum Gasteiger partial charge on any atom is 0.307 e. The SMILES string of the molecule is Cc1cnc(C(=O)NC(C)(C)CC(=O)O)o1. The molecule has 88 valence electrons. The van der Waals surface area contributed by atoms with E-state index >= 15 is 0 Å². The van der Waals surface area contributed by atoms with E-state index in [4.69, 9.17) is 9.52 Å². The second-order valence-electron chi connectivity index (χ2n) is 4.18. The van der Waals surface area contributed by atoms with Gasteiger partial charge in [0.25, 0.3) is 5.89 Å². The number of carboxylic acid groups (broad SMARTS) is 1. The number of aliphatic carboxylic acids is 1. The van der Waals surface area contributed by atoms with E-state index < -0.39 is 17.4 Å². The van der Waals surface area contributed by atoms with Crippen LogP contribution in [0.15, 0.2) is 10.6 Å². The molecule has 6 heteroatoms. The summed E-state index contributed by atoms with van der Waals surface area (Å²) in [6.07, 6.45) is 1.26. The van der Waals surface area contributed by atoms with Gasteiger partial charge >= 0.3 is 11.9 Å². The highest BCUT2D eigenvalue weighted by Gasteiger charge is 2.26. The molecule has 0 aliphatic carbocycles. The zero-order chi connectivity index (χ0) is 12.3. The Hall–Kier alpha value is -1.85. The zero-order valence-corrected chi connectivity index (χ0v) is 9.40. The fourth-order valence-electron chi connectivity index (χ4n) is 1.24. The number of aryl methyl sites for hydroxylation is 1. The van der Waals surface area contributed by atoms with Gasteiger partial charge in [-0.15, -0.1) is 0 Å². The molecule has 1 amide bonds. The number of rotatable bonds is 4. The van der Waals surface area contributed by atoms with Crippen LogP contribution in [0.1, 0.15) is 36.7 Å². The van der Waals surface area contributed by atoms with E-state index in [1.54, 1.807) is 20.8 Å². The lowest BCUT2D eigenvalue weighted by molar-refractivity contribution is -0.138. The van der Waals surface area contributed by atoms with Crippen molar-refractivity contribution in [2.45, 2.75) is 32.7 Å². The first-order valence-electron chi connectivity index (χ1n) is 4.77. The average Bonchev–Trinajstić information content (AvgIpc) is 2.47. The first-order valence-corrected chi connectivity index (χ1v) is 4.77. The molecule has 0 saturated carbocycles. The lowest BCUT2D eigenvalue weighted by atomic mass is 10.0. The Labute approximate surface area is 92.7 Å². The van der Waals surface area contributed by atoms with Gasteiger partial charge < -0.3 is 14.8 Å². The highest BCUT2D eigenvalue weighted by molar-refractivity contribution is 5.90. The Morgan fingerprint density at radius 3 is 2.62 bits per heavy atom. The van der Waals surface area contributed by atoms with E-state index in [-0.39, 0.29) is 12.3 Å². The van der Waals surface area contributed by atoms with Crippen LogP contribution in [-0.4, -0.2) is 27.5 Å². The molecule has 0 spiro atoms. The first-order chi connectivity index (χ1) is 7.30. The zero-order valence-electron chi connectivity index (χ0n) is 9.40. The van der Waals surface area contributed by atoms with Gasteiger partial charge in [-0.1, -0.05) is 0 Å². The minimum Gasteiger partial charge on any atom is -0.481 e. The third kappa shape index (κ3) is 3.38. The van der Waals surface area contributed by atoms with Crippen LogP contribution in [0.5, 0.6) is 0 Å². The number of amides is 1. The summed E-state index contributed by atoms with van der Waals surface area (Å²) in [4.78, 5) is 25.9. The summed E-state index contributed by atoms with van der Waals surface area (Å²) in [5.41, 5.74) is -0.842. The van der Waals surface area contributed by atoms with Gasteiger partial charge in [0.05, 0.1) is 12.6 Å². The lowest BCUT2D eigenvalue weighted by Crippen LogP contribution is -2.45. The van der Waals surface area contributed by atoms with Crippen LogP contribution in [0.3, 0.4) is 0 Å². The summed E-state index contributed by atoms with van der Waals surface area (Å²) >= 11 is 0. The molecule has 0 unspecified atom stereocenters. The van der Waals surface area contributed by atoms with Crippen molar-refractivity contribution in [3.8, 4) is 0 Å². The largest absolute Gasteiger partial charge is 0.481 e. The maximum absolute atomic E-state index is 11.6. The van der Waals surface area contributed by atoms with E-state index in [1.807, 2.05) is 0 Å². The number of carbonyl (C=O) groups excluding carboxylic acids is 1. The van der Waals surface area contributed by atoms with E-state index in [0.29, 0.717) is 5.76 Å². The van der Waals surface area contributed by atoms with Crippen molar-refractivity contribution in [3.05, 3.63) is 17.8 Å². The average molecular weight is 226 g/mol. The number of carboxylic acids is 1. The molecule has 1 heterocycles. The Kier molecular flexibility index (Phi) is 3.31. The second kappa shape index (κ2) is 4.34. The van der Waals surface area contributed by atoms with Gasteiger partial charge in [0, 0.05) is 5.54 Å². The van der Waals surface area contributed by atoms with Crippen molar-refractivity contribution in [1.29, 1.82) is 0 Å². The summed E-state index contributed by atoms with van der Waals surface area (Å²) in [5, 5.41) is 11.2. The number of carbonyl (C=O) groups is 2. The topological polar surface area (TPSA) is 92.4 Å². The molecule has 0 fully saturated rings. The van der Waals surface area contributed by atoms with Crippen LogP contribution in [0.2, 0.25) is 0 Å². The van der Waals surface area contributed by atoms with E-state index in [1.165, 1.54) is 6.20 Å². The quantitative estimate of drug-likeness (QED) is 0.797. The summed E-state index contributed by atoms with van der Waals surface area (Å²) in [6.45, 7) is 4.91. The molecule has 1 rings (SSSR count). The van der Waals surface area contributed by atoms with E-state index in [2.05, 4.69) is 10.3 Å². The van der Waals surface area contributed by atoms with Gasteiger partial charge in [-0.25, -0.2) is 4.98 Å². The number of nitrogens with zero attached hydrogens (tertiary/aromatic N) is 1. The van der Waals surface area contributed by atoms with Crippen molar-refractivity contribution in [2.24, 2.45) is 0 Å². The molecular formula is C10H14N2O4. The highest BCUT2D eigenvalue weighted by Crippen LogP contribution is 2.10. The van der Waals surface area contributed by atoms with Crippen LogP contribution < -0.4 is 5.32 Å². The van der Waals surface area contributed by atoms with Gasteiger partial charge in [-0.3, -0.25) is 9.59 Å². The van der Waals surface area contributed by atoms with Crippen LogP contribution in [0.25, 0.3) is 0 Å². The highest BCUT2D eigenvalue weighted by atomic mass is 16.4. The molecule has 0 bridgehead atoms. The molecule has 1 aromatic rings. The lowest BCUT2D eigenvalue weighted by Gasteiger charge is -2.23. The van der Waals surface area contributed by atoms with Gasteiger partial charge in [0.1, 0.15) is 5.76 Å². The molecular weight excluding hydrogens is 212 g/mol.